The molecule has 0 bridgehead atoms. The van der Waals surface area contributed by atoms with Gasteiger partial charge in [0.1, 0.15) is 12.4 Å². The van der Waals surface area contributed by atoms with Gasteiger partial charge in [0.05, 0.1) is 26.0 Å². The van der Waals surface area contributed by atoms with Crippen LogP contribution in [0.15, 0.2) is 35.4 Å². The molecule has 2 heterocycles. The second-order valence-corrected chi connectivity index (χ2v) is 6.49. The first-order valence-electron chi connectivity index (χ1n) is 9.33. The molecule has 1 aliphatic rings. The molecule has 28 heavy (non-hydrogen) atoms. The number of methoxy groups -OCH3 is 1. The number of aromatic nitrogens is 2. The fourth-order valence-electron chi connectivity index (χ4n) is 2.76. The van der Waals surface area contributed by atoms with Crippen molar-refractivity contribution in [1.82, 2.24) is 9.97 Å². The summed E-state index contributed by atoms with van der Waals surface area (Å²) >= 11 is 0. The van der Waals surface area contributed by atoms with E-state index in [2.05, 4.69) is 39.0 Å². The number of ether oxygens (including phenoxy) is 3. The maximum atomic E-state index is 5.66. The van der Waals surface area contributed by atoms with Crippen LogP contribution in [0.2, 0.25) is 0 Å². The van der Waals surface area contributed by atoms with Gasteiger partial charge in [0.25, 0.3) is 0 Å². The van der Waals surface area contributed by atoms with Crippen LogP contribution in [0.25, 0.3) is 0 Å². The molecule has 150 valence electrons. The van der Waals surface area contributed by atoms with E-state index in [4.69, 9.17) is 14.2 Å². The number of hydrogen-bond donors (Lipinski definition) is 0. The van der Waals surface area contributed by atoms with Crippen molar-refractivity contribution in [2.24, 2.45) is 5.10 Å². The second-order valence-electron chi connectivity index (χ2n) is 6.49. The molecule has 0 amide bonds. The van der Waals surface area contributed by atoms with Gasteiger partial charge in [-0.15, -0.1) is 0 Å². The lowest BCUT2D eigenvalue weighted by Crippen LogP contribution is -2.37. The van der Waals surface area contributed by atoms with Gasteiger partial charge in [-0.3, -0.25) is 5.01 Å². The summed E-state index contributed by atoms with van der Waals surface area (Å²) in [4.78, 5) is 11.2. The molecule has 1 fully saturated rings. The van der Waals surface area contributed by atoms with Gasteiger partial charge in [-0.2, -0.15) is 15.1 Å². The molecule has 0 unspecified atom stereocenters. The lowest BCUT2D eigenvalue weighted by atomic mass is 10.2. The number of benzene rings is 1. The van der Waals surface area contributed by atoms with Crippen LogP contribution in [-0.4, -0.2) is 69.9 Å². The number of morpholine rings is 1. The highest BCUT2D eigenvalue weighted by atomic mass is 16.5. The molecule has 1 aromatic carbocycles. The molecule has 1 saturated heterocycles. The first kappa shape index (κ1) is 20.0. The Labute approximate surface area is 165 Å². The van der Waals surface area contributed by atoms with Gasteiger partial charge in [0, 0.05) is 33.3 Å². The molecular formula is C20H27N5O3. The molecule has 3 rings (SSSR count). The van der Waals surface area contributed by atoms with Gasteiger partial charge in [0.15, 0.2) is 5.82 Å². The van der Waals surface area contributed by atoms with Crippen molar-refractivity contribution in [2.45, 2.75) is 6.92 Å². The van der Waals surface area contributed by atoms with Crippen LogP contribution in [-0.2, 0) is 9.47 Å². The molecule has 0 saturated carbocycles. The Morgan fingerprint density at radius 1 is 1.21 bits per heavy atom. The Balaban J connectivity index is 1.81. The molecule has 2 aromatic rings. The molecule has 8 heteroatoms. The van der Waals surface area contributed by atoms with Crippen molar-refractivity contribution in [3.8, 4) is 6.01 Å². The van der Waals surface area contributed by atoms with Crippen LogP contribution >= 0.6 is 0 Å². The Morgan fingerprint density at radius 3 is 2.79 bits per heavy atom. The van der Waals surface area contributed by atoms with Gasteiger partial charge in [-0.25, -0.2) is 0 Å². The molecule has 0 aliphatic carbocycles. The van der Waals surface area contributed by atoms with E-state index in [9.17, 15) is 0 Å². The quantitative estimate of drug-likeness (QED) is 0.391. The summed E-state index contributed by atoms with van der Waals surface area (Å²) in [7, 11) is 3.49. The minimum atomic E-state index is 0.314. The van der Waals surface area contributed by atoms with E-state index in [-0.39, 0.29) is 0 Å². The molecule has 0 spiro atoms. The van der Waals surface area contributed by atoms with Crippen LogP contribution in [0.3, 0.4) is 0 Å². The Kier molecular flexibility index (Phi) is 7.16. The van der Waals surface area contributed by atoms with Gasteiger partial charge in [-0.05, 0) is 12.5 Å². The van der Waals surface area contributed by atoms with Crippen LogP contribution in [0.4, 0.5) is 11.6 Å². The number of aryl methyl sites for hydroxylation is 1. The molecular weight excluding hydrogens is 358 g/mol. The van der Waals surface area contributed by atoms with Gasteiger partial charge < -0.3 is 19.1 Å². The van der Waals surface area contributed by atoms with Crippen molar-refractivity contribution in [3.63, 3.8) is 0 Å². The predicted octanol–water partition coefficient (Wildman–Crippen LogP) is 2.12. The fourth-order valence-corrected chi connectivity index (χ4v) is 2.76. The van der Waals surface area contributed by atoms with Crippen LogP contribution < -0.4 is 14.6 Å². The predicted molar refractivity (Wildman–Crippen MR) is 110 cm³/mol. The summed E-state index contributed by atoms with van der Waals surface area (Å²) in [6.07, 6.45) is 1.81. The molecule has 8 nitrogen and oxygen atoms in total. The average molecular weight is 385 g/mol. The SMILES string of the molecule is COCCOc1nc(N2CCOCC2)cc(N(C)N=Cc2cccc(C)c2)n1. The summed E-state index contributed by atoms with van der Waals surface area (Å²) in [6.45, 7) is 5.85. The summed E-state index contributed by atoms with van der Waals surface area (Å²) in [5, 5.41) is 6.24. The third-order valence-corrected chi connectivity index (χ3v) is 4.29. The topological polar surface area (TPSA) is 72.3 Å². The zero-order valence-electron chi connectivity index (χ0n) is 16.7. The van der Waals surface area contributed by atoms with Crippen molar-refractivity contribution in [1.29, 1.82) is 0 Å². The smallest absolute Gasteiger partial charge is 0.320 e. The van der Waals surface area contributed by atoms with E-state index in [0.717, 1.165) is 24.5 Å². The van der Waals surface area contributed by atoms with Gasteiger partial charge in [-0.1, -0.05) is 29.8 Å². The Morgan fingerprint density at radius 2 is 2.04 bits per heavy atom. The largest absolute Gasteiger partial charge is 0.461 e. The summed E-state index contributed by atoms with van der Waals surface area (Å²) in [5.41, 5.74) is 2.22. The zero-order chi connectivity index (χ0) is 19.8. The van der Waals surface area contributed by atoms with E-state index in [0.29, 0.717) is 38.3 Å². The van der Waals surface area contributed by atoms with E-state index in [1.165, 1.54) is 5.56 Å². The number of hydrogen-bond acceptors (Lipinski definition) is 8. The third kappa shape index (κ3) is 5.64. The van der Waals surface area contributed by atoms with Crippen molar-refractivity contribution in [3.05, 3.63) is 41.5 Å². The summed E-state index contributed by atoms with van der Waals surface area (Å²) < 4.78 is 16.1. The normalized spacial score (nSPS) is 14.5. The minimum Gasteiger partial charge on any atom is -0.461 e. The van der Waals surface area contributed by atoms with Crippen molar-refractivity contribution >= 4 is 17.9 Å². The molecule has 1 aliphatic heterocycles. The Hall–Kier alpha value is -2.71. The Bertz CT molecular complexity index is 793. The maximum absolute atomic E-state index is 5.66. The van der Waals surface area contributed by atoms with Gasteiger partial charge in [0.2, 0.25) is 0 Å². The standard InChI is InChI=1S/C20H27N5O3/c1-16-5-4-6-17(13-16)15-21-24(2)18-14-19(25-7-9-27-10-8-25)23-20(22-18)28-12-11-26-3/h4-6,13-15H,7-12H2,1-3H3. The highest BCUT2D eigenvalue weighted by Gasteiger charge is 2.17. The van der Waals surface area contributed by atoms with Crippen molar-refractivity contribution < 1.29 is 14.2 Å². The van der Waals surface area contributed by atoms with Crippen LogP contribution in [0, 0.1) is 6.92 Å². The number of hydrazone groups is 1. The van der Waals surface area contributed by atoms with E-state index >= 15 is 0 Å². The lowest BCUT2D eigenvalue weighted by Gasteiger charge is -2.28. The van der Waals surface area contributed by atoms with Crippen LogP contribution in [0.1, 0.15) is 11.1 Å². The monoisotopic (exact) mass is 385 g/mol. The van der Waals surface area contributed by atoms with E-state index in [1.54, 1.807) is 12.1 Å². The first-order chi connectivity index (χ1) is 13.7. The zero-order valence-corrected chi connectivity index (χ0v) is 16.7. The number of nitrogens with zero attached hydrogens (tertiary/aromatic N) is 5. The van der Waals surface area contributed by atoms with Crippen LogP contribution in [0.5, 0.6) is 6.01 Å². The molecule has 1 aromatic heterocycles. The average Bonchev–Trinajstić information content (AvgIpc) is 2.73. The van der Waals surface area contributed by atoms with E-state index in [1.807, 2.05) is 31.5 Å². The highest BCUT2D eigenvalue weighted by molar-refractivity contribution is 5.80. The number of anilines is 2. The van der Waals surface area contributed by atoms with Crippen molar-refractivity contribution in [2.75, 3.05) is 63.6 Å². The fraction of sp³-hybridized carbons (Fsp3) is 0.450. The second kappa shape index (κ2) is 10.0. The molecule has 0 N–H and O–H groups in total. The van der Waals surface area contributed by atoms with E-state index < -0.39 is 0 Å². The lowest BCUT2D eigenvalue weighted by molar-refractivity contribution is 0.122. The number of rotatable bonds is 8. The van der Waals surface area contributed by atoms with Gasteiger partial charge >= 0.3 is 6.01 Å². The summed E-state index contributed by atoms with van der Waals surface area (Å²) in [6, 6.07) is 10.4. The maximum Gasteiger partial charge on any atom is 0.320 e. The summed E-state index contributed by atoms with van der Waals surface area (Å²) in [5.74, 6) is 1.46. The first-order valence-corrected chi connectivity index (χ1v) is 9.33. The molecule has 0 radical (unpaired) electrons. The third-order valence-electron chi connectivity index (χ3n) is 4.29. The molecule has 0 atom stereocenters. The highest BCUT2D eigenvalue weighted by Crippen LogP contribution is 2.22. The minimum absolute atomic E-state index is 0.314.